The zero-order valence-electron chi connectivity index (χ0n) is 35.3. The van der Waals surface area contributed by atoms with Crippen LogP contribution in [0.2, 0.25) is 0 Å². The molecule has 0 aromatic carbocycles. The Kier molecular flexibility index (Phi) is 45.8. The molecule has 0 heterocycles. The summed E-state index contributed by atoms with van der Waals surface area (Å²) in [6, 6.07) is 0. The van der Waals surface area contributed by atoms with E-state index in [1.807, 2.05) is 0 Å². The summed E-state index contributed by atoms with van der Waals surface area (Å²) >= 11 is 0. The highest BCUT2D eigenvalue weighted by molar-refractivity contribution is 7.58. The van der Waals surface area contributed by atoms with Crippen LogP contribution in [0.1, 0.15) is 265 Å². The van der Waals surface area contributed by atoms with Crippen molar-refractivity contribution in [2.75, 3.05) is 37.0 Å². The maximum atomic E-state index is 2.34. The van der Waals surface area contributed by atoms with Crippen LogP contribution in [0.5, 0.6) is 0 Å². The van der Waals surface area contributed by atoms with E-state index in [0.29, 0.717) is 15.8 Å². The molecule has 0 saturated heterocycles. The molecule has 0 aliphatic heterocycles. The molecule has 0 radical (unpaired) electrons. The first-order chi connectivity index (χ1) is 24.3. The highest BCUT2D eigenvalue weighted by Crippen LogP contribution is 2.43. The Hall–Kier alpha value is 0.860. The molecule has 49 heavy (non-hydrogen) atoms. The zero-order valence-corrected chi connectivity index (χ0v) is 37.1. The fourth-order valence-electron chi connectivity index (χ4n) is 7.77. The van der Waals surface area contributed by atoms with E-state index < -0.39 is 0 Å². The van der Waals surface area contributed by atoms with Gasteiger partial charge in [-0.1, -0.05) is 233 Å². The van der Waals surface area contributed by atoms with Gasteiger partial charge >= 0.3 is 0 Å². The summed E-state index contributed by atoms with van der Waals surface area (Å²) in [6.07, 6.45) is 64.7. The van der Waals surface area contributed by atoms with Gasteiger partial charge in [0, 0.05) is 0 Å². The molecule has 0 bridgehead atoms. The highest BCUT2D eigenvalue weighted by Gasteiger charge is 2.12. The Bertz CT molecular complexity index is 470. The van der Waals surface area contributed by atoms with E-state index in [1.165, 1.54) is 205 Å². The Morgan fingerprint density at radius 1 is 0.163 bits per heavy atom. The van der Waals surface area contributed by atoms with Crippen molar-refractivity contribution in [3.05, 3.63) is 0 Å². The van der Waals surface area contributed by atoms with E-state index in [0.717, 1.165) is 0 Å². The molecule has 0 aromatic heterocycles. The van der Waals surface area contributed by atoms with Crippen LogP contribution in [0.4, 0.5) is 0 Å². The Balaban J connectivity index is 4.59. The lowest BCUT2D eigenvalue weighted by molar-refractivity contribution is 0.571. The molecule has 0 amide bonds. The third kappa shape index (κ3) is 41.5. The molecule has 0 fully saturated rings. The van der Waals surface area contributed by atoms with Gasteiger partial charge in [-0.15, -0.1) is 15.8 Å². The zero-order chi connectivity index (χ0) is 35.6. The predicted molar refractivity (Wildman–Crippen MR) is 237 cm³/mol. The second kappa shape index (κ2) is 45.0. The first kappa shape index (κ1) is 49.9. The summed E-state index contributed by atoms with van der Waals surface area (Å²) in [5.41, 5.74) is 0. The summed E-state index contributed by atoms with van der Waals surface area (Å²) in [7, 11) is 0.597. The first-order valence-electron chi connectivity index (χ1n) is 23.7. The molecule has 0 nitrogen and oxygen atoms in total. The van der Waals surface area contributed by atoms with E-state index in [-0.39, 0.29) is 0 Å². The number of hydrogen-bond donors (Lipinski definition) is 0. The molecule has 2 heteroatoms. The summed E-state index contributed by atoms with van der Waals surface area (Å²) in [4.78, 5) is 0. The summed E-state index contributed by atoms with van der Waals surface area (Å²) < 4.78 is 0. The summed E-state index contributed by atoms with van der Waals surface area (Å²) in [5.74, 6) is 0. The maximum Gasteiger partial charge on any atom is -0.0323 e. The number of rotatable bonds is 44. The van der Waals surface area contributed by atoms with Crippen molar-refractivity contribution in [3.8, 4) is 0 Å². The lowest BCUT2D eigenvalue weighted by Gasteiger charge is -2.22. The van der Waals surface area contributed by atoms with Crippen LogP contribution in [0.3, 0.4) is 0 Å². The van der Waals surface area contributed by atoms with Crippen LogP contribution >= 0.6 is 15.8 Å². The lowest BCUT2D eigenvalue weighted by atomic mass is 10.1. The molecule has 0 aromatic rings. The molecule has 0 N–H and O–H groups in total. The van der Waals surface area contributed by atoms with E-state index >= 15 is 0 Å². The SMILES string of the molecule is CCCCCCCCCCCP(CCCCCCCCCCC)CCCP(CCCCCCCCCCC)CCCCCCCCCCC. The van der Waals surface area contributed by atoms with Gasteiger partial charge in [0.25, 0.3) is 0 Å². The van der Waals surface area contributed by atoms with Crippen molar-refractivity contribution in [1.29, 1.82) is 0 Å². The Morgan fingerprint density at radius 3 is 0.490 bits per heavy atom. The minimum absolute atomic E-state index is 0.299. The molecular weight excluding hydrogens is 626 g/mol. The van der Waals surface area contributed by atoms with Gasteiger partial charge in [-0.05, 0) is 69.1 Å². The minimum atomic E-state index is 0.299. The molecule has 0 unspecified atom stereocenters. The molecule has 0 spiro atoms. The normalized spacial score (nSPS) is 11.9. The van der Waals surface area contributed by atoms with Gasteiger partial charge in [-0.2, -0.15) is 0 Å². The average Bonchev–Trinajstić information content (AvgIpc) is 3.11. The smallest absolute Gasteiger partial charge is 0.0323 e. The van der Waals surface area contributed by atoms with Crippen molar-refractivity contribution in [3.63, 3.8) is 0 Å². The standard InChI is InChI=1S/C47H98P2/c1-5-9-13-17-21-25-29-33-37-42-48(43-38-34-30-26-22-18-14-10-6-2)46-41-47-49(44-39-35-31-27-23-19-15-11-7-3)45-40-36-32-28-24-20-16-12-8-4/h5-47H2,1-4H3. The fraction of sp³-hybridized carbons (Fsp3) is 1.00. The van der Waals surface area contributed by atoms with Crippen LogP contribution in [0.15, 0.2) is 0 Å². The molecule has 0 aliphatic rings. The average molecular weight is 725 g/mol. The maximum absolute atomic E-state index is 2.34. The van der Waals surface area contributed by atoms with Crippen molar-refractivity contribution in [2.45, 2.75) is 265 Å². The summed E-state index contributed by atoms with van der Waals surface area (Å²) in [5, 5.41) is 0. The van der Waals surface area contributed by atoms with Gasteiger partial charge < -0.3 is 0 Å². The Labute approximate surface area is 317 Å². The van der Waals surface area contributed by atoms with Gasteiger partial charge in [0.15, 0.2) is 0 Å². The van der Waals surface area contributed by atoms with Crippen LogP contribution in [-0.4, -0.2) is 37.0 Å². The van der Waals surface area contributed by atoms with Gasteiger partial charge in [-0.3, -0.25) is 0 Å². The van der Waals surface area contributed by atoms with Crippen molar-refractivity contribution in [1.82, 2.24) is 0 Å². The molecule has 0 rings (SSSR count). The van der Waals surface area contributed by atoms with E-state index in [1.54, 1.807) is 69.1 Å². The predicted octanol–water partition coefficient (Wildman–Crippen LogP) is 18.5. The third-order valence-corrected chi connectivity index (χ3v) is 17.0. The van der Waals surface area contributed by atoms with Crippen molar-refractivity contribution < 1.29 is 0 Å². The second-order valence-corrected chi connectivity index (χ2v) is 21.7. The first-order valence-corrected chi connectivity index (χ1v) is 27.5. The largest absolute Gasteiger partial charge is 0.107 e. The molecular formula is C47H98P2. The molecule has 0 saturated carbocycles. The van der Waals surface area contributed by atoms with Crippen LogP contribution in [-0.2, 0) is 0 Å². The number of unbranched alkanes of at least 4 members (excludes halogenated alkanes) is 32. The number of hydrogen-bond acceptors (Lipinski definition) is 0. The Morgan fingerprint density at radius 2 is 0.306 bits per heavy atom. The van der Waals surface area contributed by atoms with E-state index in [9.17, 15) is 0 Å². The lowest BCUT2D eigenvalue weighted by Crippen LogP contribution is -2.02. The van der Waals surface area contributed by atoms with Gasteiger partial charge in [-0.25, -0.2) is 0 Å². The molecule has 0 aliphatic carbocycles. The highest BCUT2D eigenvalue weighted by atomic mass is 31.1. The monoisotopic (exact) mass is 725 g/mol. The quantitative estimate of drug-likeness (QED) is 0.0433. The van der Waals surface area contributed by atoms with Gasteiger partial charge in [0.2, 0.25) is 0 Å². The molecule has 0 atom stereocenters. The van der Waals surface area contributed by atoms with Crippen LogP contribution in [0, 0.1) is 0 Å². The topological polar surface area (TPSA) is 0 Å². The van der Waals surface area contributed by atoms with Crippen molar-refractivity contribution >= 4 is 15.8 Å². The van der Waals surface area contributed by atoms with Gasteiger partial charge in [0.05, 0.1) is 0 Å². The van der Waals surface area contributed by atoms with E-state index in [4.69, 9.17) is 0 Å². The van der Waals surface area contributed by atoms with Crippen LogP contribution in [0.25, 0.3) is 0 Å². The minimum Gasteiger partial charge on any atom is -0.107 e. The molecule has 296 valence electrons. The van der Waals surface area contributed by atoms with E-state index in [2.05, 4.69) is 27.7 Å². The van der Waals surface area contributed by atoms with Crippen molar-refractivity contribution in [2.24, 2.45) is 0 Å². The third-order valence-electron chi connectivity index (χ3n) is 11.3. The van der Waals surface area contributed by atoms with Gasteiger partial charge in [0.1, 0.15) is 0 Å². The second-order valence-electron chi connectivity index (χ2n) is 16.4. The summed E-state index contributed by atoms with van der Waals surface area (Å²) in [6.45, 7) is 9.35. The fourth-order valence-corrected chi connectivity index (χ4v) is 13.3. The van der Waals surface area contributed by atoms with Crippen LogP contribution < -0.4 is 0 Å².